The van der Waals surface area contributed by atoms with Gasteiger partial charge in [0.25, 0.3) is 0 Å². The monoisotopic (exact) mass is 298 g/mol. The minimum Gasteiger partial charge on any atom is -0.378 e. The molecule has 20 heavy (non-hydrogen) atoms. The molecule has 1 aliphatic carbocycles. The van der Waals surface area contributed by atoms with Gasteiger partial charge in [-0.25, -0.2) is 0 Å². The molecule has 2 aliphatic heterocycles. The molecule has 2 heterocycles. The van der Waals surface area contributed by atoms with Crippen LogP contribution in [0, 0.1) is 0 Å². The van der Waals surface area contributed by atoms with Crippen molar-refractivity contribution in [2.75, 3.05) is 26.3 Å². The first kappa shape index (κ1) is 17.4. The Balaban J connectivity index is 0.000000461. The summed E-state index contributed by atoms with van der Waals surface area (Å²) >= 11 is 1.95. The summed E-state index contributed by atoms with van der Waals surface area (Å²) in [6.07, 6.45) is 4.74. The van der Waals surface area contributed by atoms with Crippen LogP contribution in [0.3, 0.4) is 0 Å². The largest absolute Gasteiger partial charge is 0.378 e. The molecule has 0 amide bonds. The Labute approximate surface area is 128 Å². The molecule has 1 unspecified atom stereocenters. The van der Waals surface area contributed by atoms with Gasteiger partial charge in [-0.2, -0.15) is 0 Å². The van der Waals surface area contributed by atoms with Crippen LogP contribution in [0.2, 0.25) is 0 Å². The first-order valence-electron chi connectivity index (χ1n) is 8.02. The van der Waals surface area contributed by atoms with Gasteiger partial charge in [-0.3, -0.25) is 0 Å². The summed E-state index contributed by atoms with van der Waals surface area (Å²) in [4.78, 5) is 3.94. The van der Waals surface area contributed by atoms with Crippen LogP contribution in [0.5, 0.6) is 0 Å². The van der Waals surface area contributed by atoms with Crippen molar-refractivity contribution in [3.05, 3.63) is 22.4 Å². The molecule has 1 atom stereocenters. The number of hydrogen-bond donors (Lipinski definition) is 1. The second kappa shape index (κ2) is 9.35. The highest BCUT2D eigenvalue weighted by Crippen LogP contribution is 2.38. The van der Waals surface area contributed by atoms with E-state index >= 15 is 0 Å². The average molecular weight is 298 g/mol. The first-order valence-corrected chi connectivity index (χ1v) is 8.90. The van der Waals surface area contributed by atoms with Crippen molar-refractivity contribution in [2.24, 2.45) is 0 Å². The molecule has 0 spiro atoms. The minimum absolute atomic E-state index is 0.547. The number of allylic oxidation sites excluding steroid dienone is 3. The van der Waals surface area contributed by atoms with Crippen molar-refractivity contribution in [1.82, 2.24) is 10.2 Å². The molecule has 0 bridgehead atoms. The van der Waals surface area contributed by atoms with Crippen molar-refractivity contribution in [3.63, 3.8) is 0 Å². The predicted octanol–water partition coefficient (Wildman–Crippen LogP) is 3.94. The molecule has 3 aliphatic rings. The van der Waals surface area contributed by atoms with Crippen molar-refractivity contribution >= 4 is 11.8 Å². The molecule has 1 fully saturated rings. The van der Waals surface area contributed by atoms with Crippen LogP contribution in [-0.4, -0.2) is 36.6 Å². The van der Waals surface area contributed by atoms with Gasteiger partial charge < -0.3 is 15.0 Å². The van der Waals surface area contributed by atoms with Crippen LogP contribution < -0.4 is 5.32 Å². The number of ether oxygens (including phenoxy) is 1. The van der Waals surface area contributed by atoms with E-state index in [1.54, 1.807) is 0 Å². The Morgan fingerprint density at radius 1 is 1.15 bits per heavy atom. The normalized spacial score (nSPS) is 24.6. The Morgan fingerprint density at radius 2 is 1.80 bits per heavy atom. The van der Waals surface area contributed by atoms with Gasteiger partial charge in [-0.05, 0) is 25.8 Å². The Kier molecular flexibility index (Phi) is 8.15. The summed E-state index contributed by atoms with van der Waals surface area (Å²) in [7, 11) is 0. The number of nitrogens with zero attached hydrogens (tertiary/aromatic N) is 1. The summed E-state index contributed by atoms with van der Waals surface area (Å²) in [6, 6.07) is 0. The van der Waals surface area contributed by atoms with Crippen molar-refractivity contribution in [1.29, 1.82) is 0 Å². The quantitative estimate of drug-likeness (QED) is 0.792. The SMILES string of the molecule is CC.CC.CC1NC2=C(C=C(N3CCOCC3)CC2)S1. The van der Waals surface area contributed by atoms with Gasteiger partial charge in [0.1, 0.15) is 0 Å². The van der Waals surface area contributed by atoms with E-state index in [0.29, 0.717) is 5.37 Å². The van der Waals surface area contributed by atoms with Gasteiger partial charge in [0.05, 0.1) is 18.6 Å². The zero-order valence-corrected chi connectivity index (χ0v) is 14.5. The summed E-state index contributed by atoms with van der Waals surface area (Å²) in [5.74, 6) is 0. The third kappa shape index (κ3) is 4.45. The average Bonchev–Trinajstić information content (AvgIpc) is 2.91. The smallest absolute Gasteiger partial charge is 0.0738 e. The van der Waals surface area contributed by atoms with E-state index in [0.717, 1.165) is 26.3 Å². The van der Waals surface area contributed by atoms with Crippen LogP contribution in [0.25, 0.3) is 0 Å². The van der Waals surface area contributed by atoms with Gasteiger partial charge in [-0.1, -0.05) is 39.5 Å². The van der Waals surface area contributed by atoms with E-state index in [1.807, 2.05) is 39.5 Å². The summed E-state index contributed by atoms with van der Waals surface area (Å²) in [6.45, 7) is 14.1. The Bertz CT molecular complexity index is 346. The number of morpholine rings is 1. The second-order valence-corrected chi connectivity index (χ2v) is 5.86. The van der Waals surface area contributed by atoms with Gasteiger partial charge in [-0.15, -0.1) is 0 Å². The molecule has 1 saturated heterocycles. The standard InChI is InChI=1S/C12H18N2OS.2C2H6/c1-9-13-11-3-2-10(8-12(11)16-9)14-4-6-15-7-5-14;2*1-2/h8-9,13H,2-7H2,1H3;2*1-2H3. The zero-order chi connectivity index (χ0) is 15.0. The van der Waals surface area contributed by atoms with Crippen molar-refractivity contribution < 1.29 is 4.74 Å². The maximum Gasteiger partial charge on any atom is 0.0738 e. The van der Waals surface area contributed by atoms with Gasteiger partial charge in [0.15, 0.2) is 0 Å². The Morgan fingerprint density at radius 3 is 2.45 bits per heavy atom. The second-order valence-electron chi connectivity index (χ2n) is 4.48. The number of rotatable bonds is 1. The molecule has 116 valence electrons. The molecule has 0 aromatic carbocycles. The third-order valence-corrected chi connectivity index (χ3v) is 4.41. The zero-order valence-electron chi connectivity index (χ0n) is 13.7. The summed E-state index contributed by atoms with van der Waals surface area (Å²) in [5, 5.41) is 4.08. The molecule has 0 aromatic heterocycles. The fourth-order valence-corrected chi connectivity index (χ4v) is 3.59. The van der Waals surface area contributed by atoms with Crippen LogP contribution >= 0.6 is 11.8 Å². The summed E-state index contributed by atoms with van der Waals surface area (Å²) in [5.41, 5.74) is 2.96. The van der Waals surface area contributed by atoms with E-state index < -0.39 is 0 Å². The number of thioether (sulfide) groups is 1. The molecule has 1 N–H and O–H groups in total. The molecule has 0 aromatic rings. The highest BCUT2D eigenvalue weighted by molar-refractivity contribution is 8.04. The van der Waals surface area contributed by atoms with Gasteiger partial charge >= 0.3 is 0 Å². The first-order chi connectivity index (χ1) is 9.83. The van der Waals surface area contributed by atoms with E-state index in [4.69, 9.17) is 4.74 Å². The van der Waals surface area contributed by atoms with E-state index in [-0.39, 0.29) is 0 Å². The molecule has 0 saturated carbocycles. The van der Waals surface area contributed by atoms with Crippen LogP contribution in [-0.2, 0) is 4.74 Å². The predicted molar refractivity (Wildman–Crippen MR) is 89.6 cm³/mol. The maximum absolute atomic E-state index is 5.40. The third-order valence-electron chi connectivity index (χ3n) is 3.32. The fraction of sp³-hybridized carbons (Fsp3) is 0.750. The van der Waals surface area contributed by atoms with Crippen LogP contribution in [0.15, 0.2) is 22.4 Å². The lowest BCUT2D eigenvalue weighted by Gasteiger charge is -2.32. The van der Waals surface area contributed by atoms with Crippen molar-refractivity contribution in [3.8, 4) is 0 Å². The maximum atomic E-state index is 5.40. The van der Waals surface area contributed by atoms with Gasteiger partial charge in [0, 0.05) is 29.4 Å². The van der Waals surface area contributed by atoms with Crippen molar-refractivity contribution in [2.45, 2.75) is 52.8 Å². The lowest BCUT2D eigenvalue weighted by molar-refractivity contribution is 0.0519. The molecule has 3 rings (SSSR count). The molecule has 3 nitrogen and oxygen atoms in total. The lowest BCUT2D eigenvalue weighted by Crippen LogP contribution is -2.36. The topological polar surface area (TPSA) is 24.5 Å². The van der Waals surface area contributed by atoms with Gasteiger partial charge in [0.2, 0.25) is 0 Å². The molecular formula is C16H30N2OS. The number of hydrogen-bond acceptors (Lipinski definition) is 4. The van der Waals surface area contributed by atoms with Crippen LogP contribution in [0.4, 0.5) is 0 Å². The van der Waals surface area contributed by atoms with E-state index in [9.17, 15) is 0 Å². The Hall–Kier alpha value is -0.610. The van der Waals surface area contributed by atoms with E-state index in [2.05, 4.69) is 23.2 Å². The highest BCUT2D eigenvalue weighted by atomic mass is 32.2. The highest BCUT2D eigenvalue weighted by Gasteiger charge is 2.25. The minimum atomic E-state index is 0.547. The van der Waals surface area contributed by atoms with Crippen LogP contribution in [0.1, 0.15) is 47.5 Å². The molecule has 0 radical (unpaired) electrons. The fourth-order valence-electron chi connectivity index (χ4n) is 2.50. The molecule has 4 heteroatoms. The summed E-state index contributed by atoms with van der Waals surface area (Å²) < 4.78 is 5.40. The lowest BCUT2D eigenvalue weighted by atomic mass is 10.1. The van der Waals surface area contributed by atoms with E-state index in [1.165, 1.54) is 29.1 Å². The number of nitrogens with one attached hydrogen (secondary N) is 1. The molecular weight excluding hydrogens is 268 g/mol.